The fourth-order valence-corrected chi connectivity index (χ4v) is 7.17. The second-order valence-corrected chi connectivity index (χ2v) is 12.0. The van der Waals surface area contributed by atoms with Gasteiger partial charge in [-0.15, -0.1) is 0 Å². The summed E-state index contributed by atoms with van der Waals surface area (Å²) in [7, 11) is 2.13. The molecule has 0 bridgehead atoms. The van der Waals surface area contributed by atoms with Gasteiger partial charge in [0.2, 0.25) is 11.8 Å². The van der Waals surface area contributed by atoms with Crippen molar-refractivity contribution in [2.75, 3.05) is 44.7 Å². The van der Waals surface area contributed by atoms with Gasteiger partial charge in [0.05, 0.1) is 24.1 Å². The third-order valence-corrected chi connectivity index (χ3v) is 9.60. The summed E-state index contributed by atoms with van der Waals surface area (Å²) in [5.41, 5.74) is 3.20. The molecule has 0 saturated carbocycles. The van der Waals surface area contributed by atoms with E-state index in [0.717, 1.165) is 56.5 Å². The second kappa shape index (κ2) is 11.3. The smallest absolute Gasteiger partial charge is 0.321 e. The molecule has 4 aliphatic rings. The number of ether oxygens (including phenoxy) is 2. The Morgan fingerprint density at radius 1 is 1.22 bits per heavy atom. The van der Waals surface area contributed by atoms with Crippen molar-refractivity contribution in [2.45, 2.75) is 75.5 Å². The maximum atomic E-state index is 12.5. The Morgan fingerprint density at radius 3 is 2.85 bits per heavy atom. The van der Waals surface area contributed by atoms with Crippen LogP contribution in [0.1, 0.15) is 68.1 Å². The Bertz CT molecular complexity index is 1360. The molecule has 0 N–H and O–H groups in total. The average molecular weight is 557 g/mol. The Balaban J connectivity index is 1.35. The van der Waals surface area contributed by atoms with Crippen molar-refractivity contribution in [1.82, 2.24) is 19.8 Å². The molecule has 9 nitrogen and oxygen atoms in total. The molecule has 216 valence electrons. The van der Waals surface area contributed by atoms with E-state index in [9.17, 15) is 10.1 Å². The zero-order valence-electron chi connectivity index (χ0n) is 24.2. The van der Waals surface area contributed by atoms with E-state index in [2.05, 4.69) is 60.7 Å². The number of amides is 1. The minimum Gasteiger partial charge on any atom is -0.466 e. The first-order chi connectivity index (χ1) is 19.9. The SMILES string of the molecule is C=CC(=O)N1CCN(c2nc(OC[C@@H]3CCCN3C)nc3c2CC[C@@]2(CC[C@H](C)c4ccccc42)O3)C[C@@H]1CC#N. The summed E-state index contributed by atoms with van der Waals surface area (Å²) in [4.78, 5) is 28.6. The van der Waals surface area contributed by atoms with Crippen LogP contribution in [0.2, 0.25) is 0 Å². The van der Waals surface area contributed by atoms with Crippen molar-refractivity contribution in [3.63, 3.8) is 0 Å². The van der Waals surface area contributed by atoms with Gasteiger partial charge in [-0.2, -0.15) is 15.2 Å². The highest BCUT2D eigenvalue weighted by molar-refractivity contribution is 5.87. The van der Waals surface area contributed by atoms with E-state index in [-0.39, 0.29) is 18.4 Å². The lowest BCUT2D eigenvalue weighted by atomic mass is 9.71. The summed E-state index contributed by atoms with van der Waals surface area (Å²) < 4.78 is 13.2. The first-order valence-electron chi connectivity index (χ1n) is 15.0. The van der Waals surface area contributed by atoms with Crippen LogP contribution in [-0.2, 0) is 16.8 Å². The highest BCUT2D eigenvalue weighted by Gasteiger charge is 2.45. The maximum absolute atomic E-state index is 12.5. The van der Waals surface area contributed by atoms with Crippen molar-refractivity contribution < 1.29 is 14.3 Å². The number of piperazine rings is 1. The van der Waals surface area contributed by atoms with E-state index in [1.54, 1.807) is 4.90 Å². The van der Waals surface area contributed by atoms with E-state index in [0.29, 0.717) is 50.1 Å². The van der Waals surface area contributed by atoms with Crippen LogP contribution in [0.4, 0.5) is 5.82 Å². The molecule has 1 spiro atoms. The topological polar surface area (TPSA) is 94.8 Å². The van der Waals surface area contributed by atoms with E-state index in [1.807, 2.05) is 0 Å². The molecular weight excluding hydrogens is 516 g/mol. The summed E-state index contributed by atoms with van der Waals surface area (Å²) in [6.07, 6.45) is 7.48. The number of carbonyl (C=O) groups excluding carboxylic acids is 1. The number of hydrogen-bond acceptors (Lipinski definition) is 8. The number of likely N-dealkylation sites (tertiary alicyclic amines) is 1. The van der Waals surface area contributed by atoms with Gasteiger partial charge < -0.3 is 24.2 Å². The Labute approximate surface area is 242 Å². The first-order valence-corrected chi connectivity index (χ1v) is 15.0. The third kappa shape index (κ3) is 5.14. The largest absolute Gasteiger partial charge is 0.466 e. The van der Waals surface area contributed by atoms with Crippen LogP contribution >= 0.6 is 0 Å². The van der Waals surface area contributed by atoms with Crippen molar-refractivity contribution >= 4 is 11.7 Å². The van der Waals surface area contributed by atoms with Crippen molar-refractivity contribution in [1.29, 1.82) is 5.26 Å². The third-order valence-electron chi connectivity index (χ3n) is 9.60. The predicted molar refractivity (Wildman–Crippen MR) is 156 cm³/mol. The lowest BCUT2D eigenvalue weighted by Crippen LogP contribution is -2.55. The molecule has 2 saturated heterocycles. The fourth-order valence-electron chi connectivity index (χ4n) is 7.17. The summed E-state index contributed by atoms with van der Waals surface area (Å²) in [6.45, 7) is 9.15. The van der Waals surface area contributed by atoms with Crippen molar-refractivity contribution in [3.05, 3.63) is 53.6 Å². The molecule has 2 fully saturated rings. The van der Waals surface area contributed by atoms with E-state index in [4.69, 9.17) is 19.4 Å². The number of hydrogen-bond donors (Lipinski definition) is 0. The average Bonchev–Trinajstić information content (AvgIpc) is 3.41. The summed E-state index contributed by atoms with van der Waals surface area (Å²) >= 11 is 0. The highest BCUT2D eigenvalue weighted by atomic mass is 16.5. The molecule has 0 radical (unpaired) electrons. The lowest BCUT2D eigenvalue weighted by Gasteiger charge is -2.45. The molecule has 6 rings (SSSR count). The number of fused-ring (bicyclic) bond motifs is 3. The van der Waals surface area contributed by atoms with Crippen LogP contribution in [-0.4, -0.2) is 77.6 Å². The predicted octanol–water partition coefficient (Wildman–Crippen LogP) is 4.18. The molecule has 4 heterocycles. The van der Waals surface area contributed by atoms with E-state index in [1.165, 1.54) is 17.2 Å². The molecular formula is C32H40N6O3. The normalized spacial score (nSPS) is 27.5. The summed E-state index contributed by atoms with van der Waals surface area (Å²) in [5.74, 6) is 1.75. The van der Waals surface area contributed by atoms with Gasteiger partial charge in [-0.1, -0.05) is 37.8 Å². The van der Waals surface area contributed by atoms with Gasteiger partial charge in [0.15, 0.2) is 0 Å². The number of carbonyl (C=O) groups is 1. The van der Waals surface area contributed by atoms with Crippen LogP contribution in [0.25, 0.3) is 0 Å². The Morgan fingerprint density at radius 2 is 2.07 bits per heavy atom. The zero-order valence-corrected chi connectivity index (χ0v) is 24.2. The molecule has 1 amide bonds. The number of anilines is 1. The van der Waals surface area contributed by atoms with Crippen molar-refractivity contribution in [3.8, 4) is 18.0 Å². The molecule has 4 atom stereocenters. The number of aromatic nitrogens is 2. The number of nitriles is 1. The molecule has 1 aliphatic carbocycles. The van der Waals surface area contributed by atoms with E-state index >= 15 is 0 Å². The maximum Gasteiger partial charge on any atom is 0.321 e. The van der Waals surface area contributed by atoms with Gasteiger partial charge >= 0.3 is 6.01 Å². The van der Waals surface area contributed by atoms with Gasteiger partial charge in [0.1, 0.15) is 18.0 Å². The number of benzene rings is 1. The molecule has 0 unspecified atom stereocenters. The number of likely N-dealkylation sites (N-methyl/N-ethyl adjacent to an activating group) is 1. The van der Waals surface area contributed by atoms with Gasteiger partial charge in [-0.25, -0.2) is 0 Å². The second-order valence-electron chi connectivity index (χ2n) is 12.0. The standard InChI is InChI=1S/C32H40N6O3/c1-4-28(39)38-19-18-37(20-23(38)13-16-33)29-26-12-15-32(14-11-22(2)25-9-5-6-10-27(25)32)41-30(26)35-31(34-29)40-21-24-8-7-17-36(24)3/h4-6,9-10,22-24H,1,7-8,11-15,17-21H2,2-3H3/t22-,23-,24-,32+/m0/s1. The summed E-state index contributed by atoms with van der Waals surface area (Å²) in [6, 6.07) is 11.4. The van der Waals surface area contributed by atoms with Crippen LogP contribution in [0, 0.1) is 11.3 Å². The quantitative estimate of drug-likeness (QED) is 0.489. The first kappa shape index (κ1) is 27.5. The molecule has 41 heavy (non-hydrogen) atoms. The monoisotopic (exact) mass is 556 g/mol. The van der Waals surface area contributed by atoms with Crippen LogP contribution in [0.3, 0.4) is 0 Å². The van der Waals surface area contributed by atoms with Gasteiger partial charge in [-0.3, -0.25) is 4.79 Å². The van der Waals surface area contributed by atoms with Gasteiger partial charge in [0, 0.05) is 25.7 Å². The van der Waals surface area contributed by atoms with Crippen LogP contribution < -0.4 is 14.4 Å². The Kier molecular flexibility index (Phi) is 7.60. The molecule has 2 aromatic rings. The minimum absolute atomic E-state index is 0.144. The molecule has 1 aromatic heterocycles. The van der Waals surface area contributed by atoms with Gasteiger partial charge in [-0.05, 0) is 75.2 Å². The number of nitrogens with zero attached hydrogens (tertiary/aromatic N) is 6. The lowest BCUT2D eigenvalue weighted by molar-refractivity contribution is -0.128. The van der Waals surface area contributed by atoms with Gasteiger partial charge in [0.25, 0.3) is 0 Å². The Hall–Kier alpha value is -3.64. The van der Waals surface area contributed by atoms with Crippen molar-refractivity contribution in [2.24, 2.45) is 0 Å². The minimum atomic E-state index is -0.414. The zero-order chi connectivity index (χ0) is 28.6. The van der Waals surface area contributed by atoms with Crippen LogP contribution in [0.15, 0.2) is 36.9 Å². The number of rotatable bonds is 6. The molecule has 1 aromatic carbocycles. The molecule has 3 aliphatic heterocycles. The highest BCUT2D eigenvalue weighted by Crippen LogP contribution is 2.50. The fraction of sp³-hybridized carbons (Fsp3) is 0.562. The summed E-state index contributed by atoms with van der Waals surface area (Å²) in [5, 5.41) is 9.52. The van der Waals surface area contributed by atoms with Crippen LogP contribution in [0.5, 0.6) is 11.9 Å². The van der Waals surface area contributed by atoms with E-state index < -0.39 is 5.60 Å². The molecule has 9 heteroatoms.